The molecule has 3 heterocycles. The average molecular weight is 388 g/mol. The van der Waals surface area contributed by atoms with Crippen LogP contribution < -0.4 is 16.8 Å². The van der Waals surface area contributed by atoms with Crippen LogP contribution in [0.2, 0.25) is 0 Å². The fraction of sp³-hybridized carbons (Fsp3) is 0.182. The first-order valence-electron chi connectivity index (χ1n) is 6.04. The zero-order valence-corrected chi connectivity index (χ0v) is 12.6. The molecular weight excluding hydrogens is 373 g/mol. The largest absolute Gasteiger partial charge is 0.394 e. The molecule has 5 N–H and O–H groups in total. The van der Waals surface area contributed by atoms with Gasteiger partial charge < -0.3 is 16.8 Å². The van der Waals surface area contributed by atoms with Gasteiger partial charge in [0, 0.05) is 13.1 Å². The van der Waals surface area contributed by atoms with Crippen LogP contribution in [0, 0.1) is 0 Å². The molecule has 0 saturated carbocycles. The van der Waals surface area contributed by atoms with Gasteiger partial charge in [0.05, 0.1) is 18.3 Å². The van der Waals surface area contributed by atoms with Crippen molar-refractivity contribution in [1.82, 2.24) is 19.9 Å². The van der Waals surface area contributed by atoms with Crippen LogP contribution in [0.1, 0.15) is 6.93 Å². The normalized spacial score (nSPS) is 11.8. The summed E-state index contributed by atoms with van der Waals surface area (Å²) in [7, 11) is 0. The van der Waals surface area contributed by atoms with Gasteiger partial charge in [-0.15, -0.1) is 0 Å². The second-order valence-corrected chi connectivity index (χ2v) is 3.48. The molecule has 0 fully saturated rings. The minimum atomic E-state index is -0.00417. The van der Waals surface area contributed by atoms with E-state index in [0.29, 0.717) is 28.7 Å². The lowest BCUT2D eigenvalue weighted by atomic mass is 10.3. The highest BCUT2D eigenvalue weighted by Crippen LogP contribution is 2.16. The van der Waals surface area contributed by atoms with Crippen molar-refractivity contribution in [1.29, 1.82) is 0 Å². The number of hydrogen-bond acceptors (Lipinski definition) is 7. The molecular formula is C11H14IN7O. The Morgan fingerprint density at radius 2 is 1.95 bits per heavy atom. The van der Waals surface area contributed by atoms with Crippen molar-refractivity contribution in [2.45, 2.75) is 6.42 Å². The Hall–Kier alpha value is -2.04. The number of nitrogen functional groups attached to an aromatic ring is 2. The average Bonchev–Trinajstić information content (AvgIpc) is 2.84. The Kier molecular flexibility index (Phi) is 5.89. The fourth-order valence-electron chi connectivity index (χ4n) is 1.30. The van der Waals surface area contributed by atoms with E-state index in [1.54, 1.807) is 6.20 Å². The van der Waals surface area contributed by atoms with Gasteiger partial charge >= 0.3 is 0 Å². The predicted molar refractivity (Wildman–Crippen MR) is 85.2 cm³/mol. The first-order chi connectivity index (χ1) is 10.1. The Labute approximate surface area is 131 Å². The molecule has 1 aliphatic rings. The number of carbonyl (C=O) groups excluding carboxylic acids is 1. The van der Waals surface area contributed by atoms with E-state index in [-0.39, 0.29) is 5.91 Å². The van der Waals surface area contributed by atoms with Crippen LogP contribution in [0.5, 0.6) is 0 Å². The molecule has 0 saturated heterocycles. The van der Waals surface area contributed by atoms with Crippen molar-refractivity contribution in [3.63, 3.8) is 0 Å². The zero-order chi connectivity index (χ0) is 15.7. The molecule has 0 unspecified atom stereocenters. The SMILES string of the molecule is Nc1cncnc1N.O=C1Cc2cncnc2N1.[2H]CI. The van der Waals surface area contributed by atoms with E-state index in [0.717, 1.165) is 5.56 Å². The van der Waals surface area contributed by atoms with Gasteiger partial charge in [-0.2, -0.15) is 0 Å². The van der Waals surface area contributed by atoms with Gasteiger partial charge in [0.15, 0.2) is 0 Å². The number of hydrogen-bond donors (Lipinski definition) is 3. The van der Waals surface area contributed by atoms with E-state index in [1.165, 1.54) is 18.9 Å². The number of nitrogens with two attached hydrogens (primary N) is 2. The molecule has 2 aromatic rings. The third-order valence-electron chi connectivity index (χ3n) is 2.17. The topological polar surface area (TPSA) is 133 Å². The number of carbonyl (C=O) groups is 1. The van der Waals surface area contributed by atoms with E-state index in [2.05, 4.69) is 25.3 Å². The maximum atomic E-state index is 10.7. The third kappa shape index (κ3) is 4.57. The molecule has 20 heavy (non-hydrogen) atoms. The number of anilines is 3. The van der Waals surface area contributed by atoms with Crippen LogP contribution in [0.15, 0.2) is 25.0 Å². The summed E-state index contributed by atoms with van der Waals surface area (Å²) < 4.78 is 6.20. The van der Waals surface area contributed by atoms with Crippen molar-refractivity contribution in [3.05, 3.63) is 30.6 Å². The van der Waals surface area contributed by atoms with Crippen molar-refractivity contribution >= 4 is 45.8 Å². The van der Waals surface area contributed by atoms with Crippen LogP contribution in [0.3, 0.4) is 0 Å². The fourth-order valence-corrected chi connectivity index (χ4v) is 1.30. The lowest BCUT2D eigenvalue weighted by Gasteiger charge is -1.91. The van der Waals surface area contributed by atoms with Crippen LogP contribution in [-0.2, 0) is 11.2 Å². The molecule has 0 radical (unpaired) electrons. The molecule has 0 bridgehead atoms. The molecule has 0 atom stereocenters. The number of alkyl halides is 1. The van der Waals surface area contributed by atoms with Crippen molar-refractivity contribution in [3.8, 4) is 0 Å². The van der Waals surface area contributed by atoms with Crippen LogP contribution >= 0.6 is 22.6 Å². The van der Waals surface area contributed by atoms with Crippen LogP contribution in [-0.4, -0.2) is 30.7 Å². The number of aromatic nitrogens is 4. The van der Waals surface area contributed by atoms with Gasteiger partial charge in [-0.3, -0.25) is 4.79 Å². The summed E-state index contributed by atoms with van der Waals surface area (Å²) in [6.07, 6.45) is 6.30. The van der Waals surface area contributed by atoms with Gasteiger partial charge in [-0.05, 0) is 4.91 Å². The Bertz CT molecular complexity index is 550. The highest BCUT2D eigenvalue weighted by molar-refractivity contribution is 14.1. The van der Waals surface area contributed by atoms with E-state index in [9.17, 15) is 4.79 Å². The van der Waals surface area contributed by atoms with Crippen molar-refractivity contribution < 1.29 is 6.17 Å². The summed E-state index contributed by atoms with van der Waals surface area (Å²) in [4.78, 5) is 26.1. The van der Waals surface area contributed by atoms with Gasteiger partial charge in [0.25, 0.3) is 0 Å². The number of rotatable bonds is 0. The van der Waals surface area contributed by atoms with Gasteiger partial charge in [-0.1, -0.05) is 22.6 Å². The van der Waals surface area contributed by atoms with Gasteiger partial charge in [-0.25, -0.2) is 19.9 Å². The maximum absolute atomic E-state index is 10.7. The monoisotopic (exact) mass is 388 g/mol. The molecule has 106 valence electrons. The number of nitrogens with one attached hydrogen (secondary N) is 1. The Balaban J connectivity index is 0.000000181. The maximum Gasteiger partial charge on any atom is 0.230 e. The second kappa shape index (κ2) is 8.19. The first-order valence-corrected chi connectivity index (χ1v) is 6.86. The van der Waals surface area contributed by atoms with Gasteiger partial charge in [0.1, 0.15) is 24.3 Å². The first kappa shape index (κ1) is 14.4. The van der Waals surface area contributed by atoms with Crippen LogP contribution in [0.25, 0.3) is 0 Å². The standard InChI is InChI=1S/C6H5N3O.C4H6N4.CH3I/c10-5-1-4-2-7-3-8-6(4)9-5;5-3-1-7-2-8-4(3)6;1-2/h2-3H,1H2,(H,7,8,9,10);1-2H,5H2,(H2,6,7,8);1H3/i;;1D. The summed E-state index contributed by atoms with van der Waals surface area (Å²) >= 11 is 1.96. The summed E-state index contributed by atoms with van der Waals surface area (Å²) in [6, 6.07) is 0. The Morgan fingerprint density at radius 1 is 1.30 bits per heavy atom. The third-order valence-corrected chi connectivity index (χ3v) is 2.17. The molecule has 1 amide bonds. The number of nitrogens with zero attached hydrogens (tertiary/aromatic N) is 4. The molecule has 0 spiro atoms. The van der Waals surface area contributed by atoms with E-state index in [4.69, 9.17) is 12.8 Å². The summed E-state index contributed by atoms with van der Waals surface area (Å²) in [6.45, 7) is 0. The van der Waals surface area contributed by atoms with E-state index >= 15 is 0 Å². The highest BCUT2D eigenvalue weighted by atomic mass is 127. The van der Waals surface area contributed by atoms with E-state index < -0.39 is 0 Å². The lowest BCUT2D eigenvalue weighted by Crippen LogP contribution is -2.04. The summed E-state index contributed by atoms with van der Waals surface area (Å²) in [5.74, 6) is 0.982. The predicted octanol–water partition coefficient (Wildman–Crippen LogP) is 0.663. The minimum Gasteiger partial charge on any atom is -0.394 e. The molecule has 0 aromatic carbocycles. The highest BCUT2D eigenvalue weighted by Gasteiger charge is 2.17. The Morgan fingerprint density at radius 3 is 2.50 bits per heavy atom. The summed E-state index contributed by atoms with van der Waals surface area (Å²) in [5.41, 5.74) is 11.8. The smallest absolute Gasteiger partial charge is 0.230 e. The molecule has 8 nitrogen and oxygen atoms in total. The second-order valence-electron chi connectivity index (χ2n) is 3.48. The molecule has 9 heteroatoms. The van der Waals surface area contributed by atoms with Crippen LogP contribution in [0.4, 0.5) is 17.3 Å². The number of halogens is 1. The molecule has 1 aliphatic heterocycles. The lowest BCUT2D eigenvalue weighted by molar-refractivity contribution is -0.115. The van der Waals surface area contributed by atoms with E-state index in [1.807, 2.05) is 22.6 Å². The molecule has 0 aliphatic carbocycles. The number of amides is 1. The van der Waals surface area contributed by atoms with Crippen molar-refractivity contribution in [2.75, 3.05) is 21.7 Å². The minimum absolute atomic E-state index is 0.00417. The quantitative estimate of drug-likeness (QED) is 0.446. The number of fused-ring (bicyclic) bond motifs is 1. The molecule has 3 rings (SSSR count). The van der Waals surface area contributed by atoms with Gasteiger partial charge in [0.2, 0.25) is 5.91 Å². The molecule has 2 aromatic heterocycles. The summed E-state index contributed by atoms with van der Waals surface area (Å²) in [5, 5.41) is 2.61. The van der Waals surface area contributed by atoms with Crippen molar-refractivity contribution in [2.24, 2.45) is 0 Å². The zero-order valence-electron chi connectivity index (χ0n) is 11.5.